The summed E-state index contributed by atoms with van der Waals surface area (Å²) in [5.41, 5.74) is 2.92. The topological polar surface area (TPSA) is 84.8 Å². The first-order valence-corrected chi connectivity index (χ1v) is 14.3. The lowest BCUT2D eigenvalue weighted by molar-refractivity contribution is -0.0107. The third kappa shape index (κ3) is 6.02. The van der Waals surface area contributed by atoms with Crippen LogP contribution < -0.4 is 23.7 Å². The maximum atomic E-state index is 11.7. The molecule has 42 heavy (non-hydrogen) atoms. The number of rotatable bonds is 14. The Labute approximate surface area is 249 Å². The number of hydrogen-bond acceptors (Lipinski definition) is 8. The molecule has 1 aliphatic rings. The monoisotopic (exact) mass is 580 g/mol. The predicted octanol–water partition coefficient (Wildman–Crippen LogP) is 6.50. The molecule has 228 valence electrons. The van der Waals surface area contributed by atoms with Crippen LogP contribution in [0.3, 0.4) is 0 Å². The van der Waals surface area contributed by atoms with E-state index in [9.17, 15) is 5.11 Å². The smallest absolute Gasteiger partial charge is 0.189 e. The summed E-state index contributed by atoms with van der Waals surface area (Å²) in [6.07, 6.45) is 1.40. The lowest BCUT2D eigenvalue weighted by Crippen LogP contribution is -2.44. The van der Waals surface area contributed by atoms with Gasteiger partial charge in [0.05, 0.1) is 44.3 Å². The standard InChI is InChI=1S/C34H44O8/c1-21(2)14-15-27(35)34(5)23(4)42-33-28-25(18-26(29(33)34)41-20-39-17-16-36-6)32(38-8)31(37-7)22(3)30(28)40-19-24-12-10-9-11-13-24/h9-14,18,23,27,35H,15-17,19-20H2,1-8H3/t23-,27-,34-/m1/s1. The zero-order valence-corrected chi connectivity index (χ0v) is 26.0. The average Bonchev–Trinajstić information content (AvgIpc) is 3.26. The quantitative estimate of drug-likeness (QED) is 0.131. The number of allylic oxidation sites excluding steroid dienone is 1. The first-order chi connectivity index (χ1) is 20.2. The third-order valence-electron chi connectivity index (χ3n) is 8.09. The van der Waals surface area contributed by atoms with E-state index in [1.54, 1.807) is 21.3 Å². The van der Waals surface area contributed by atoms with Crippen molar-refractivity contribution in [2.45, 2.75) is 65.3 Å². The zero-order chi connectivity index (χ0) is 30.4. The number of fused-ring (bicyclic) bond motifs is 3. The highest BCUT2D eigenvalue weighted by Gasteiger charge is 2.51. The second kappa shape index (κ2) is 13.7. The van der Waals surface area contributed by atoms with Gasteiger partial charge < -0.3 is 38.3 Å². The van der Waals surface area contributed by atoms with Gasteiger partial charge >= 0.3 is 0 Å². The molecule has 0 unspecified atom stereocenters. The molecule has 0 saturated carbocycles. The van der Waals surface area contributed by atoms with Crippen LogP contribution in [0.5, 0.6) is 28.7 Å². The third-order valence-corrected chi connectivity index (χ3v) is 8.09. The minimum Gasteiger partial charge on any atom is -0.492 e. The zero-order valence-electron chi connectivity index (χ0n) is 26.0. The van der Waals surface area contributed by atoms with Gasteiger partial charge in [-0.3, -0.25) is 0 Å². The number of aliphatic hydroxyl groups excluding tert-OH is 1. The molecule has 3 aromatic rings. The molecule has 3 aromatic carbocycles. The van der Waals surface area contributed by atoms with Gasteiger partial charge in [-0.2, -0.15) is 0 Å². The molecule has 0 fully saturated rings. The Hall–Kier alpha value is -3.46. The summed E-state index contributed by atoms with van der Waals surface area (Å²) in [7, 11) is 4.85. The molecule has 8 nitrogen and oxygen atoms in total. The number of hydrogen-bond donors (Lipinski definition) is 1. The second-order valence-electron chi connectivity index (χ2n) is 11.0. The van der Waals surface area contributed by atoms with E-state index in [1.165, 1.54) is 0 Å². The summed E-state index contributed by atoms with van der Waals surface area (Å²) < 4.78 is 42.0. The van der Waals surface area contributed by atoms with Gasteiger partial charge in [-0.15, -0.1) is 0 Å². The highest BCUT2D eigenvalue weighted by Crippen LogP contribution is 2.58. The van der Waals surface area contributed by atoms with Crippen LogP contribution in [0.4, 0.5) is 0 Å². The van der Waals surface area contributed by atoms with Crippen molar-refractivity contribution in [2.75, 3.05) is 41.3 Å². The van der Waals surface area contributed by atoms with Crippen molar-refractivity contribution >= 4 is 10.8 Å². The van der Waals surface area contributed by atoms with Crippen LogP contribution in [0.15, 0.2) is 48.0 Å². The molecule has 1 N–H and O–H groups in total. The largest absolute Gasteiger partial charge is 0.492 e. The number of methoxy groups -OCH3 is 3. The van der Waals surface area contributed by atoms with Gasteiger partial charge in [-0.25, -0.2) is 0 Å². The second-order valence-corrected chi connectivity index (χ2v) is 11.0. The Bertz CT molecular complexity index is 1400. The molecule has 1 heterocycles. The summed E-state index contributed by atoms with van der Waals surface area (Å²) in [5.74, 6) is 2.86. The summed E-state index contributed by atoms with van der Waals surface area (Å²) in [6.45, 7) is 11.2. The van der Waals surface area contributed by atoms with E-state index in [1.807, 2.05) is 77.1 Å². The lowest BCUT2D eigenvalue weighted by Gasteiger charge is -2.34. The van der Waals surface area contributed by atoms with Crippen molar-refractivity contribution in [2.24, 2.45) is 0 Å². The van der Waals surface area contributed by atoms with E-state index in [4.69, 9.17) is 33.2 Å². The normalized spacial score (nSPS) is 18.3. The highest BCUT2D eigenvalue weighted by atomic mass is 16.7. The van der Waals surface area contributed by atoms with Crippen molar-refractivity contribution in [1.29, 1.82) is 0 Å². The highest BCUT2D eigenvalue weighted by molar-refractivity contribution is 6.04. The van der Waals surface area contributed by atoms with Crippen molar-refractivity contribution in [3.63, 3.8) is 0 Å². The van der Waals surface area contributed by atoms with Gasteiger partial charge in [-0.1, -0.05) is 42.0 Å². The molecule has 8 heteroatoms. The van der Waals surface area contributed by atoms with Crippen LogP contribution in [0.25, 0.3) is 10.8 Å². The first-order valence-electron chi connectivity index (χ1n) is 14.3. The molecule has 0 saturated heterocycles. The van der Waals surface area contributed by atoms with E-state index >= 15 is 0 Å². The van der Waals surface area contributed by atoms with Gasteiger partial charge in [0.15, 0.2) is 18.3 Å². The summed E-state index contributed by atoms with van der Waals surface area (Å²) in [5, 5.41) is 13.1. The van der Waals surface area contributed by atoms with Gasteiger partial charge in [0.25, 0.3) is 0 Å². The Kier molecular flexibility index (Phi) is 10.2. The van der Waals surface area contributed by atoms with E-state index in [0.717, 1.165) is 27.6 Å². The molecule has 0 aromatic heterocycles. The minimum atomic E-state index is -0.797. The van der Waals surface area contributed by atoms with Crippen molar-refractivity contribution in [3.05, 3.63) is 64.7 Å². The van der Waals surface area contributed by atoms with Gasteiger partial charge in [0, 0.05) is 23.6 Å². The van der Waals surface area contributed by atoms with Crippen LogP contribution >= 0.6 is 0 Å². The van der Waals surface area contributed by atoms with Gasteiger partial charge in [-0.05, 0) is 52.7 Å². The van der Waals surface area contributed by atoms with Crippen LogP contribution in [0, 0.1) is 6.92 Å². The Morgan fingerprint density at radius 2 is 1.74 bits per heavy atom. The molecule has 0 spiro atoms. The molecule has 0 aliphatic carbocycles. The molecule has 0 bridgehead atoms. The Morgan fingerprint density at radius 3 is 2.38 bits per heavy atom. The van der Waals surface area contributed by atoms with Gasteiger partial charge in [0.2, 0.25) is 0 Å². The average molecular weight is 581 g/mol. The molecular formula is C34H44O8. The van der Waals surface area contributed by atoms with Crippen molar-refractivity contribution in [3.8, 4) is 28.7 Å². The SMILES string of the molecule is COCCOCOc1cc2c(OC)c(OC)c(C)c(OCc3ccccc3)c2c2c1[C@@](C)([C@H](O)CC=C(C)C)[C@@H](C)O2. The molecule has 3 atom stereocenters. The molecule has 4 rings (SSSR count). The van der Waals surface area contributed by atoms with E-state index in [0.29, 0.717) is 60.4 Å². The maximum absolute atomic E-state index is 11.7. The van der Waals surface area contributed by atoms with Crippen molar-refractivity contribution in [1.82, 2.24) is 0 Å². The fraction of sp³-hybridized carbons (Fsp3) is 0.471. The van der Waals surface area contributed by atoms with Crippen LogP contribution in [0.1, 0.15) is 50.8 Å². The summed E-state index contributed by atoms with van der Waals surface area (Å²) >= 11 is 0. The Balaban J connectivity index is 1.97. The van der Waals surface area contributed by atoms with Crippen LogP contribution in [-0.4, -0.2) is 58.7 Å². The van der Waals surface area contributed by atoms with E-state index in [2.05, 4.69) is 0 Å². The first kappa shape index (κ1) is 31.5. The molecular weight excluding hydrogens is 536 g/mol. The number of aliphatic hydroxyl groups is 1. The number of benzene rings is 3. The Morgan fingerprint density at radius 1 is 1.02 bits per heavy atom. The van der Waals surface area contributed by atoms with Crippen molar-refractivity contribution < 1.29 is 38.3 Å². The summed E-state index contributed by atoms with van der Waals surface area (Å²) in [6, 6.07) is 11.9. The minimum absolute atomic E-state index is 0.00148. The fourth-order valence-electron chi connectivity index (χ4n) is 5.56. The molecule has 1 aliphatic heterocycles. The van der Waals surface area contributed by atoms with E-state index in [-0.39, 0.29) is 12.9 Å². The number of ether oxygens (including phenoxy) is 7. The molecule has 0 amide bonds. The maximum Gasteiger partial charge on any atom is 0.189 e. The van der Waals surface area contributed by atoms with Crippen LogP contribution in [0.2, 0.25) is 0 Å². The fourth-order valence-corrected chi connectivity index (χ4v) is 5.56. The van der Waals surface area contributed by atoms with Crippen LogP contribution in [-0.2, 0) is 21.5 Å². The lowest BCUT2D eigenvalue weighted by atomic mass is 9.72. The molecule has 0 radical (unpaired) electrons. The summed E-state index contributed by atoms with van der Waals surface area (Å²) in [4.78, 5) is 0. The van der Waals surface area contributed by atoms with Gasteiger partial charge in [0.1, 0.15) is 30.0 Å². The predicted molar refractivity (Wildman–Crippen MR) is 163 cm³/mol. The van der Waals surface area contributed by atoms with E-state index < -0.39 is 11.5 Å².